The fourth-order valence-electron chi connectivity index (χ4n) is 1.87. The van der Waals surface area contributed by atoms with Gasteiger partial charge in [-0.05, 0) is 19.1 Å². The fourth-order valence-corrected chi connectivity index (χ4v) is 1.87. The maximum absolute atomic E-state index is 11.8. The molecule has 1 heterocycles. The van der Waals surface area contributed by atoms with Gasteiger partial charge in [-0.3, -0.25) is 4.68 Å². The van der Waals surface area contributed by atoms with E-state index in [1.165, 1.54) is 0 Å². The Labute approximate surface area is 117 Å². The van der Waals surface area contributed by atoms with E-state index in [-0.39, 0.29) is 0 Å². The van der Waals surface area contributed by atoms with E-state index in [4.69, 9.17) is 10.5 Å². The molecule has 0 fully saturated rings. The lowest BCUT2D eigenvalue weighted by molar-refractivity contribution is 0.0527. The number of para-hydroxylation sites is 1. The molecular formula is C14H18N4O2. The van der Waals surface area contributed by atoms with E-state index in [2.05, 4.69) is 10.4 Å². The molecule has 0 atom stereocenters. The molecule has 0 amide bonds. The fraction of sp³-hybridized carbons (Fsp3) is 0.286. The first-order chi connectivity index (χ1) is 9.61. The Hall–Kier alpha value is -2.50. The number of nitrogens with two attached hydrogens (primary N) is 1. The summed E-state index contributed by atoms with van der Waals surface area (Å²) in [7, 11) is 1.86. The van der Waals surface area contributed by atoms with E-state index in [9.17, 15) is 4.79 Å². The standard InChI is InChI=1S/C14H18N4O2/c1-3-20-14(19)11-5-4-6-12(13(11)15)16-7-10-8-17-18(2)9-10/h4-6,8-9,16H,3,7,15H2,1-2H3. The molecule has 1 aromatic carbocycles. The summed E-state index contributed by atoms with van der Waals surface area (Å²) in [5.74, 6) is -0.407. The summed E-state index contributed by atoms with van der Waals surface area (Å²) in [5, 5.41) is 7.29. The first-order valence-electron chi connectivity index (χ1n) is 6.38. The number of carbonyl (C=O) groups is 1. The van der Waals surface area contributed by atoms with E-state index in [1.807, 2.05) is 19.3 Å². The Kier molecular flexibility index (Phi) is 4.24. The van der Waals surface area contributed by atoms with Crippen molar-refractivity contribution in [2.75, 3.05) is 17.7 Å². The van der Waals surface area contributed by atoms with Gasteiger partial charge in [-0.25, -0.2) is 4.79 Å². The number of nitrogen functional groups attached to an aromatic ring is 1. The van der Waals surface area contributed by atoms with Gasteiger partial charge in [0.1, 0.15) is 0 Å². The van der Waals surface area contributed by atoms with Crippen molar-refractivity contribution >= 4 is 17.3 Å². The summed E-state index contributed by atoms with van der Waals surface area (Å²) in [6, 6.07) is 5.26. The van der Waals surface area contributed by atoms with Crippen LogP contribution in [-0.2, 0) is 18.3 Å². The normalized spacial score (nSPS) is 10.3. The van der Waals surface area contributed by atoms with E-state index in [0.717, 1.165) is 5.56 Å². The molecular weight excluding hydrogens is 256 g/mol. The van der Waals surface area contributed by atoms with Crippen molar-refractivity contribution in [2.45, 2.75) is 13.5 Å². The summed E-state index contributed by atoms with van der Waals surface area (Å²) in [6.07, 6.45) is 3.69. The van der Waals surface area contributed by atoms with Crippen molar-refractivity contribution in [1.29, 1.82) is 0 Å². The van der Waals surface area contributed by atoms with Crippen LogP contribution in [-0.4, -0.2) is 22.4 Å². The van der Waals surface area contributed by atoms with Crippen LogP contribution < -0.4 is 11.1 Å². The van der Waals surface area contributed by atoms with Gasteiger partial charge in [0.05, 0.1) is 29.7 Å². The van der Waals surface area contributed by atoms with Crippen LogP contribution in [0.25, 0.3) is 0 Å². The second-order valence-corrected chi connectivity index (χ2v) is 4.36. The summed E-state index contributed by atoms with van der Waals surface area (Å²) < 4.78 is 6.70. The van der Waals surface area contributed by atoms with E-state index in [1.54, 1.807) is 29.9 Å². The molecule has 6 nitrogen and oxygen atoms in total. The van der Waals surface area contributed by atoms with Crippen molar-refractivity contribution in [3.8, 4) is 0 Å². The Balaban J connectivity index is 2.12. The average Bonchev–Trinajstić information content (AvgIpc) is 2.83. The lowest BCUT2D eigenvalue weighted by atomic mass is 10.1. The third-order valence-corrected chi connectivity index (χ3v) is 2.84. The number of ether oxygens (including phenoxy) is 1. The third-order valence-electron chi connectivity index (χ3n) is 2.84. The van der Waals surface area contributed by atoms with Gasteiger partial charge in [0, 0.05) is 25.4 Å². The Bertz CT molecular complexity index is 607. The van der Waals surface area contributed by atoms with Gasteiger partial charge in [-0.1, -0.05) is 6.07 Å². The summed E-state index contributed by atoms with van der Waals surface area (Å²) in [6.45, 7) is 2.68. The van der Waals surface area contributed by atoms with Gasteiger partial charge in [-0.15, -0.1) is 0 Å². The van der Waals surface area contributed by atoms with Crippen molar-refractivity contribution in [3.05, 3.63) is 41.7 Å². The van der Waals surface area contributed by atoms with Crippen LogP contribution in [0.15, 0.2) is 30.6 Å². The highest BCUT2D eigenvalue weighted by molar-refractivity contribution is 5.98. The minimum Gasteiger partial charge on any atom is -0.462 e. The molecule has 3 N–H and O–H groups in total. The number of nitrogens with one attached hydrogen (secondary N) is 1. The number of carbonyl (C=O) groups excluding carboxylic acids is 1. The van der Waals surface area contributed by atoms with Crippen LogP contribution in [0, 0.1) is 0 Å². The number of nitrogens with zero attached hydrogens (tertiary/aromatic N) is 2. The second kappa shape index (κ2) is 6.10. The molecule has 0 saturated heterocycles. The molecule has 20 heavy (non-hydrogen) atoms. The second-order valence-electron chi connectivity index (χ2n) is 4.36. The maximum atomic E-state index is 11.8. The van der Waals surface area contributed by atoms with Crippen molar-refractivity contribution in [3.63, 3.8) is 0 Å². The summed E-state index contributed by atoms with van der Waals surface area (Å²) >= 11 is 0. The summed E-state index contributed by atoms with van der Waals surface area (Å²) in [4.78, 5) is 11.8. The molecule has 0 aliphatic heterocycles. The number of aromatic nitrogens is 2. The molecule has 6 heteroatoms. The zero-order valence-electron chi connectivity index (χ0n) is 11.6. The third kappa shape index (κ3) is 3.09. The number of hydrogen-bond acceptors (Lipinski definition) is 5. The van der Waals surface area contributed by atoms with Crippen molar-refractivity contribution < 1.29 is 9.53 Å². The molecule has 0 radical (unpaired) electrons. The monoisotopic (exact) mass is 274 g/mol. The van der Waals surface area contributed by atoms with Gasteiger partial charge >= 0.3 is 5.97 Å². The zero-order chi connectivity index (χ0) is 14.5. The molecule has 2 aromatic rings. The molecule has 0 saturated carbocycles. The minimum atomic E-state index is -0.407. The highest BCUT2D eigenvalue weighted by Gasteiger charge is 2.13. The van der Waals surface area contributed by atoms with Gasteiger partial charge in [0.2, 0.25) is 0 Å². The molecule has 0 aliphatic carbocycles. The number of aryl methyl sites for hydroxylation is 1. The predicted octanol–water partition coefficient (Wildman–Crippen LogP) is 1.79. The average molecular weight is 274 g/mol. The molecule has 0 unspecified atom stereocenters. The molecule has 0 bridgehead atoms. The lowest BCUT2D eigenvalue weighted by Crippen LogP contribution is -2.10. The van der Waals surface area contributed by atoms with Gasteiger partial charge < -0.3 is 15.8 Å². The minimum absolute atomic E-state index is 0.325. The van der Waals surface area contributed by atoms with E-state index < -0.39 is 5.97 Å². The SMILES string of the molecule is CCOC(=O)c1cccc(NCc2cnn(C)c2)c1N. The quantitative estimate of drug-likeness (QED) is 0.641. The highest BCUT2D eigenvalue weighted by atomic mass is 16.5. The van der Waals surface area contributed by atoms with E-state index >= 15 is 0 Å². The van der Waals surface area contributed by atoms with Gasteiger partial charge in [-0.2, -0.15) is 5.10 Å². The first kappa shape index (κ1) is 13.9. The van der Waals surface area contributed by atoms with Crippen LogP contribution in [0.5, 0.6) is 0 Å². The molecule has 1 aromatic heterocycles. The number of anilines is 2. The topological polar surface area (TPSA) is 82.2 Å². The number of rotatable bonds is 5. The van der Waals surface area contributed by atoms with Crippen molar-refractivity contribution in [2.24, 2.45) is 7.05 Å². The van der Waals surface area contributed by atoms with Crippen LogP contribution in [0.2, 0.25) is 0 Å². The molecule has 2 rings (SSSR count). The number of esters is 1. The van der Waals surface area contributed by atoms with E-state index in [0.29, 0.717) is 30.1 Å². The highest BCUT2D eigenvalue weighted by Crippen LogP contribution is 2.24. The predicted molar refractivity (Wildman–Crippen MR) is 77.3 cm³/mol. The summed E-state index contributed by atoms with van der Waals surface area (Å²) in [5.41, 5.74) is 8.52. The smallest absolute Gasteiger partial charge is 0.340 e. The van der Waals surface area contributed by atoms with Crippen LogP contribution in [0.1, 0.15) is 22.8 Å². The van der Waals surface area contributed by atoms with Crippen LogP contribution in [0.4, 0.5) is 11.4 Å². The largest absolute Gasteiger partial charge is 0.462 e. The number of hydrogen-bond donors (Lipinski definition) is 2. The Morgan fingerprint density at radius 2 is 2.30 bits per heavy atom. The zero-order valence-corrected chi connectivity index (χ0v) is 11.6. The Morgan fingerprint density at radius 1 is 1.50 bits per heavy atom. The number of benzene rings is 1. The molecule has 106 valence electrons. The van der Waals surface area contributed by atoms with Crippen molar-refractivity contribution in [1.82, 2.24) is 9.78 Å². The van der Waals surface area contributed by atoms with Gasteiger partial charge in [0.25, 0.3) is 0 Å². The molecule has 0 spiro atoms. The molecule has 0 aliphatic rings. The van der Waals surface area contributed by atoms with Gasteiger partial charge in [0.15, 0.2) is 0 Å². The lowest BCUT2D eigenvalue weighted by Gasteiger charge is -2.11. The Morgan fingerprint density at radius 3 is 2.95 bits per heavy atom. The van der Waals surface area contributed by atoms with Crippen LogP contribution in [0.3, 0.4) is 0 Å². The first-order valence-corrected chi connectivity index (χ1v) is 6.38. The van der Waals surface area contributed by atoms with Crippen LogP contribution >= 0.6 is 0 Å². The maximum Gasteiger partial charge on any atom is 0.340 e.